The van der Waals surface area contributed by atoms with Gasteiger partial charge in [0.15, 0.2) is 6.29 Å². The molecule has 0 fully saturated rings. The van der Waals surface area contributed by atoms with E-state index >= 15 is 0 Å². The van der Waals surface area contributed by atoms with E-state index in [4.69, 9.17) is 0 Å². The third kappa shape index (κ3) is 6.25. The smallest absolute Gasteiger partial charge is 0.150 e. The molecular weight excluding hydrogens is 377 g/mol. The summed E-state index contributed by atoms with van der Waals surface area (Å²) < 4.78 is 13.9. The number of nitrogens with one attached hydrogen (secondary N) is 2. The zero-order chi connectivity index (χ0) is 22.7. The van der Waals surface area contributed by atoms with E-state index in [0.717, 1.165) is 48.0 Å². The van der Waals surface area contributed by atoms with Gasteiger partial charge >= 0.3 is 0 Å². The number of carbonyl (C=O) groups is 1. The lowest BCUT2D eigenvalue weighted by Gasteiger charge is -2.11. The molecule has 1 heterocycles. The molecule has 0 spiro atoms. The van der Waals surface area contributed by atoms with Gasteiger partial charge in [-0.3, -0.25) is 4.79 Å². The van der Waals surface area contributed by atoms with Crippen LogP contribution in [0.25, 0.3) is 22.2 Å². The minimum Gasteiger partial charge on any atom is -0.354 e. The van der Waals surface area contributed by atoms with Crippen molar-refractivity contribution in [2.24, 2.45) is 0 Å². The molecule has 3 aromatic rings. The van der Waals surface area contributed by atoms with E-state index in [1.54, 1.807) is 0 Å². The maximum absolute atomic E-state index is 13.9. The lowest BCUT2D eigenvalue weighted by Crippen LogP contribution is -2.11. The summed E-state index contributed by atoms with van der Waals surface area (Å²) in [4.78, 5) is 16.9. The molecule has 5 heteroatoms. The molecule has 2 aromatic carbocycles. The van der Waals surface area contributed by atoms with Crippen molar-refractivity contribution in [3.63, 3.8) is 0 Å². The Balaban J connectivity index is 0.00000106. The molecule has 3 rings (SSSR count). The Morgan fingerprint density at radius 3 is 2.23 bits per heavy atom. The van der Waals surface area contributed by atoms with Crippen molar-refractivity contribution in [2.75, 3.05) is 27.7 Å². The van der Waals surface area contributed by atoms with Crippen LogP contribution in [0.5, 0.6) is 0 Å². The Kier molecular flexibility index (Phi) is 11.0. The number of fused-ring (bicyclic) bond motifs is 1. The molecule has 0 aliphatic rings. The number of aromatic amines is 1. The molecule has 0 aliphatic carbocycles. The topological polar surface area (TPSA) is 48.1 Å². The quantitative estimate of drug-likeness (QED) is 0.491. The van der Waals surface area contributed by atoms with Crippen LogP contribution < -0.4 is 5.32 Å². The van der Waals surface area contributed by atoms with E-state index in [2.05, 4.69) is 39.5 Å². The van der Waals surface area contributed by atoms with Gasteiger partial charge in [0.1, 0.15) is 5.82 Å². The summed E-state index contributed by atoms with van der Waals surface area (Å²) in [5.41, 5.74) is 5.29. The number of aromatic nitrogens is 1. The fourth-order valence-electron chi connectivity index (χ4n) is 3.38. The number of rotatable bonds is 7. The summed E-state index contributed by atoms with van der Waals surface area (Å²) in [6, 6.07) is 11.1. The fraction of sp³-hybridized carbons (Fsp3) is 0.400. The number of carbonyl (C=O) groups excluding carboxylic acids is 1. The van der Waals surface area contributed by atoms with Crippen LogP contribution in [-0.4, -0.2) is 43.9 Å². The number of halogens is 1. The second kappa shape index (κ2) is 12.9. The van der Waals surface area contributed by atoms with Gasteiger partial charge in [0.2, 0.25) is 0 Å². The Morgan fingerprint density at radius 1 is 1.07 bits per heavy atom. The second-order valence-corrected chi connectivity index (χ2v) is 6.80. The van der Waals surface area contributed by atoms with E-state index in [0.29, 0.717) is 11.1 Å². The van der Waals surface area contributed by atoms with Gasteiger partial charge in [-0.15, -0.1) is 0 Å². The van der Waals surface area contributed by atoms with E-state index in [1.807, 2.05) is 48.8 Å². The molecule has 0 amide bonds. The minimum absolute atomic E-state index is 0.387. The lowest BCUT2D eigenvalue weighted by atomic mass is 9.99. The Morgan fingerprint density at radius 2 is 1.70 bits per heavy atom. The van der Waals surface area contributed by atoms with E-state index in [1.165, 1.54) is 17.7 Å². The molecule has 0 saturated heterocycles. The third-order valence-electron chi connectivity index (χ3n) is 4.49. The van der Waals surface area contributed by atoms with Crippen LogP contribution in [0.4, 0.5) is 4.39 Å². The second-order valence-electron chi connectivity index (χ2n) is 6.80. The number of nitrogens with zero attached hydrogens (tertiary/aromatic N) is 1. The maximum Gasteiger partial charge on any atom is 0.150 e. The molecule has 164 valence electrons. The minimum atomic E-state index is -0.408. The van der Waals surface area contributed by atoms with Gasteiger partial charge < -0.3 is 15.2 Å². The van der Waals surface area contributed by atoms with Crippen LogP contribution >= 0.6 is 0 Å². The average Bonchev–Trinajstić information content (AvgIpc) is 3.12. The van der Waals surface area contributed by atoms with Crippen molar-refractivity contribution < 1.29 is 9.18 Å². The van der Waals surface area contributed by atoms with Crippen molar-refractivity contribution in [1.29, 1.82) is 0 Å². The molecule has 0 bridgehead atoms. The first kappa shape index (κ1) is 25.5. The summed E-state index contributed by atoms with van der Waals surface area (Å²) in [5, 5.41) is 3.96. The monoisotopic (exact) mass is 413 g/mol. The molecule has 0 aliphatic heterocycles. The first-order valence-electron chi connectivity index (χ1n) is 10.7. The third-order valence-corrected chi connectivity index (χ3v) is 4.49. The van der Waals surface area contributed by atoms with Gasteiger partial charge in [-0.2, -0.15) is 0 Å². The van der Waals surface area contributed by atoms with Crippen LogP contribution in [0.1, 0.15) is 49.2 Å². The van der Waals surface area contributed by atoms with Crippen LogP contribution in [-0.2, 0) is 13.0 Å². The van der Waals surface area contributed by atoms with Crippen LogP contribution in [0.15, 0.2) is 36.4 Å². The number of aldehydes is 1. The molecule has 2 N–H and O–H groups in total. The van der Waals surface area contributed by atoms with E-state index < -0.39 is 5.82 Å². The molecule has 0 radical (unpaired) electrons. The maximum atomic E-state index is 13.9. The first-order chi connectivity index (χ1) is 14.5. The number of likely N-dealkylation sites (N-methyl/N-ethyl adjacent to an activating group) is 1. The summed E-state index contributed by atoms with van der Waals surface area (Å²) in [6.07, 6.45) is 1.48. The van der Waals surface area contributed by atoms with Gasteiger partial charge in [0.05, 0.1) is 0 Å². The molecule has 4 nitrogen and oxygen atoms in total. The Bertz CT molecular complexity index is 914. The SMILES string of the molecule is CC.CC.CNCCc1c(-c2ccc(CN(C)C)cc2)[nH]c2cc(F)cc(C=O)c12. The molecule has 1 aromatic heterocycles. The molecule has 0 atom stereocenters. The first-order valence-corrected chi connectivity index (χ1v) is 10.7. The van der Waals surface area contributed by atoms with Crippen LogP contribution in [0, 0.1) is 5.82 Å². The van der Waals surface area contributed by atoms with Crippen molar-refractivity contribution in [1.82, 2.24) is 15.2 Å². The summed E-state index contributed by atoms with van der Waals surface area (Å²) in [5.74, 6) is -0.408. The number of H-pyrrole nitrogens is 1. The van der Waals surface area contributed by atoms with Gasteiger partial charge in [0.25, 0.3) is 0 Å². The summed E-state index contributed by atoms with van der Waals surface area (Å²) >= 11 is 0. The van der Waals surface area contributed by atoms with Crippen LogP contribution in [0.2, 0.25) is 0 Å². The average molecular weight is 414 g/mol. The highest BCUT2D eigenvalue weighted by molar-refractivity contribution is 6.02. The highest BCUT2D eigenvalue weighted by atomic mass is 19.1. The Labute approximate surface area is 180 Å². The highest BCUT2D eigenvalue weighted by Crippen LogP contribution is 2.33. The predicted octanol–water partition coefficient (Wildman–Crippen LogP) is 5.66. The van der Waals surface area contributed by atoms with Crippen molar-refractivity contribution in [3.8, 4) is 11.3 Å². The van der Waals surface area contributed by atoms with Crippen LogP contribution in [0.3, 0.4) is 0 Å². The fourth-order valence-corrected chi connectivity index (χ4v) is 3.38. The summed E-state index contributed by atoms with van der Waals surface area (Å²) in [6.45, 7) is 9.65. The van der Waals surface area contributed by atoms with Gasteiger partial charge in [0, 0.05) is 28.7 Å². The van der Waals surface area contributed by atoms with Crippen molar-refractivity contribution in [2.45, 2.75) is 40.7 Å². The lowest BCUT2D eigenvalue weighted by molar-refractivity contribution is 0.112. The van der Waals surface area contributed by atoms with Gasteiger partial charge in [-0.05, 0) is 62.9 Å². The predicted molar refractivity (Wildman–Crippen MR) is 127 cm³/mol. The molecule has 30 heavy (non-hydrogen) atoms. The number of hydrogen-bond acceptors (Lipinski definition) is 3. The number of hydrogen-bond donors (Lipinski definition) is 2. The van der Waals surface area contributed by atoms with E-state index in [9.17, 15) is 9.18 Å². The van der Waals surface area contributed by atoms with Crippen molar-refractivity contribution >= 4 is 17.2 Å². The standard InChI is InChI=1S/C21H24FN3O.2C2H6/c1-23-9-8-18-20-16(13-26)10-17(22)11-19(20)24-21(18)15-6-4-14(5-7-15)12-25(2)3;2*1-2/h4-7,10-11,13,23-24H,8-9,12H2,1-3H3;2*1-2H3. The molecule has 0 unspecified atom stereocenters. The zero-order valence-corrected chi connectivity index (χ0v) is 19.4. The van der Waals surface area contributed by atoms with E-state index in [-0.39, 0.29) is 0 Å². The van der Waals surface area contributed by atoms with Crippen molar-refractivity contribution in [3.05, 3.63) is 58.9 Å². The molecular formula is C25H36FN3O. The normalized spacial score (nSPS) is 10.3. The largest absolute Gasteiger partial charge is 0.354 e. The Hall–Kier alpha value is -2.50. The molecule has 0 saturated carbocycles. The van der Waals surface area contributed by atoms with Gasteiger partial charge in [-0.25, -0.2) is 4.39 Å². The zero-order valence-electron chi connectivity index (χ0n) is 19.4. The summed E-state index contributed by atoms with van der Waals surface area (Å²) in [7, 11) is 5.97. The number of benzene rings is 2. The highest BCUT2D eigenvalue weighted by Gasteiger charge is 2.17. The van der Waals surface area contributed by atoms with Gasteiger partial charge in [-0.1, -0.05) is 52.0 Å².